The van der Waals surface area contributed by atoms with E-state index in [-0.39, 0.29) is 17.9 Å². The summed E-state index contributed by atoms with van der Waals surface area (Å²) >= 11 is 3.39. The lowest BCUT2D eigenvalue weighted by atomic mass is 10.1. The molecule has 0 bridgehead atoms. The average Bonchev–Trinajstić information content (AvgIpc) is 3.30. The maximum absolute atomic E-state index is 12.8. The molecule has 1 N–H and O–H groups in total. The first kappa shape index (κ1) is 21.7. The van der Waals surface area contributed by atoms with Crippen LogP contribution in [0.25, 0.3) is 0 Å². The van der Waals surface area contributed by atoms with Crippen LogP contribution in [0.5, 0.6) is 0 Å². The summed E-state index contributed by atoms with van der Waals surface area (Å²) < 4.78 is 0.928. The minimum atomic E-state index is -0.386. The molecule has 31 heavy (non-hydrogen) atoms. The quantitative estimate of drug-likeness (QED) is 0.669. The van der Waals surface area contributed by atoms with Gasteiger partial charge < -0.3 is 15.1 Å². The van der Waals surface area contributed by atoms with E-state index in [2.05, 4.69) is 41.0 Å². The SMILES string of the molecule is O=C(NCCN1CCN(c2ncccn2)CC1)C1CCCN1C(=O)c1ccc(Br)cc1. The fourth-order valence-corrected chi connectivity index (χ4v) is 4.39. The monoisotopic (exact) mass is 486 g/mol. The maximum atomic E-state index is 12.8. The third kappa shape index (κ3) is 5.40. The van der Waals surface area contributed by atoms with E-state index in [1.807, 2.05) is 18.2 Å². The van der Waals surface area contributed by atoms with Gasteiger partial charge in [-0.1, -0.05) is 15.9 Å². The zero-order valence-electron chi connectivity index (χ0n) is 17.4. The molecule has 2 fully saturated rings. The number of nitrogens with zero attached hydrogens (tertiary/aromatic N) is 5. The maximum Gasteiger partial charge on any atom is 0.254 e. The predicted octanol–water partition coefficient (Wildman–Crippen LogP) is 1.78. The summed E-state index contributed by atoms with van der Waals surface area (Å²) in [6, 6.07) is 8.72. The highest BCUT2D eigenvalue weighted by Gasteiger charge is 2.34. The van der Waals surface area contributed by atoms with Crippen LogP contribution in [0, 0.1) is 0 Å². The predicted molar refractivity (Wildman–Crippen MR) is 122 cm³/mol. The Morgan fingerprint density at radius 1 is 1.03 bits per heavy atom. The van der Waals surface area contributed by atoms with Crippen molar-refractivity contribution in [2.75, 3.05) is 50.7 Å². The first-order valence-corrected chi connectivity index (χ1v) is 11.5. The van der Waals surface area contributed by atoms with Crippen LogP contribution < -0.4 is 10.2 Å². The summed E-state index contributed by atoms with van der Waals surface area (Å²) in [5, 5.41) is 3.04. The number of amides is 2. The second kappa shape index (κ2) is 10.2. The Hall–Kier alpha value is -2.52. The Labute approximate surface area is 190 Å². The largest absolute Gasteiger partial charge is 0.353 e. The number of anilines is 1. The summed E-state index contributed by atoms with van der Waals surface area (Å²) in [7, 11) is 0. The fourth-order valence-electron chi connectivity index (χ4n) is 4.12. The molecule has 2 aliphatic rings. The number of nitrogens with one attached hydrogen (secondary N) is 1. The van der Waals surface area contributed by atoms with Crippen LogP contribution in [0.15, 0.2) is 47.2 Å². The van der Waals surface area contributed by atoms with Crippen LogP contribution in [0.4, 0.5) is 5.95 Å². The highest BCUT2D eigenvalue weighted by atomic mass is 79.9. The van der Waals surface area contributed by atoms with E-state index in [1.165, 1.54) is 0 Å². The molecule has 1 aromatic heterocycles. The third-order valence-corrected chi connectivity index (χ3v) is 6.37. The normalized spacial score (nSPS) is 19.5. The van der Waals surface area contributed by atoms with E-state index in [0.29, 0.717) is 25.1 Å². The molecule has 2 amide bonds. The van der Waals surface area contributed by atoms with Gasteiger partial charge in [0.2, 0.25) is 11.9 Å². The van der Waals surface area contributed by atoms with Crippen molar-refractivity contribution < 1.29 is 9.59 Å². The lowest BCUT2D eigenvalue weighted by molar-refractivity contribution is -0.124. The summed E-state index contributed by atoms with van der Waals surface area (Å²) in [6.45, 7) is 5.56. The number of benzene rings is 1. The van der Waals surface area contributed by atoms with Gasteiger partial charge in [0.05, 0.1) is 0 Å². The molecule has 0 aliphatic carbocycles. The summed E-state index contributed by atoms with van der Waals surface area (Å²) in [5.74, 6) is 0.635. The number of hydrogen-bond acceptors (Lipinski definition) is 6. The van der Waals surface area contributed by atoms with Crippen molar-refractivity contribution >= 4 is 33.7 Å². The van der Waals surface area contributed by atoms with Gasteiger partial charge in [0.15, 0.2) is 0 Å². The molecular weight excluding hydrogens is 460 g/mol. The molecule has 164 valence electrons. The van der Waals surface area contributed by atoms with Crippen LogP contribution in [-0.4, -0.2) is 83.4 Å². The number of piperazine rings is 1. The van der Waals surface area contributed by atoms with Gasteiger partial charge in [-0.15, -0.1) is 0 Å². The van der Waals surface area contributed by atoms with E-state index in [9.17, 15) is 9.59 Å². The Kier molecular flexibility index (Phi) is 7.14. The van der Waals surface area contributed by atoms with Gasteiger partial charge in [-0.25, -0.2) is 9.97 Å². The molecular formula is C22H27BrN6O2. The second-order valence-corrected chi connectivity index (χ2v) is 8.75. The number of rotatable bonds is 6. The Balaban J connectivity index is 1.22. The van der Waals surface area contributed by atoms with Crippen molar-refractivity contribution in [3.63, 3.8) is 0 Å². The van der Waals surface area contributed by atoms with Crippen LogP contribution in [0.2, 0.25) is 0 Å². The van der Waals surface area contributed by atoms with Gasteiger partial charge >= 0.3 is 0 Å². The first-order valence-electron chi connectivity index (χ1n) is 10.7. The van der Waals surface area contributed by atoms with Gasteiger partial charge in [0, 0.05) is 68.2 Å². The molecule has 2 aromatic rings. The lowest BCUT2D eigenvalue weighted by Gasteiger charge is -2.34. The van der Waals surface area contributed by atoms with Gasteiger partial charge in [-0.3, -0.25) is 14.5 Å². The Morgan fingerprint density at radius 2 is 1.74 bits per heavy atom. The molecule has 2 saturated heterocycles. The molecule has 1 atom stereocenters. The van der Waals surface area contributed by atoms with Gasteiger partial charge in [0.1, 0.15) is 6.04 Å². The molecule has 2 aliphatic heterocycles. The number of hydrogen-bond donors (Lipinski definition) is 1. The summed E-state index contributed by atoms with van der Waals surface area (Å²) in [4.78, 5) is 40.5. The van der Waals surface area contributed by atoms with E-state index in [1.54, 1.807) is 29.4 Å². The average molecular weight is 487 g/mol. The van der Waals surface area contributed by atoms with Crippen molar-refractivity contribution in [1.82, 2.24) is 25.1 Å². The first-order chi connectivity index (χ1) is 15.1. The van der Waals surface area contributed by atoms with Gasteiger partial charge in [-0.2, -0.15) is 0 Å². The molecule has 8 nitrogen and oxygen atoms in total. The van der Waals surface area contributed by atoms with Crippen molar-refractivity contribution in [3.8, 4) is 0 Å². The third-order valence-electron chi connectivity index (χ3n) is 5.84. The zero-order valence-corrected chi connectivity index (χ0v) is 19.0. The van der Waals surface area contributed by atoms with Crippen LogP contribution in [-0.2, 0) is 4.79 Å². The molecule has 1 aromatic carbocycles. The second-order valence-electron chi connectivity index (χ2n) is 7.83. The molecule has 4 rings (SSSR count). The van der Waals surface area contributed by atoms with Crippen molar-refractivity contribution in [2.24, 2.45) is 0 Å². The Bertz CT molecular complexity index is 887. The Morgan fingerprint density at radius 3 is 2.45 bits per heavy atom. The van der Waals surface area contributed by atoms with Gasteiger partial charge in [-0.05, 0) is 43.2 Å². The van der Waals surface area contributed by atoms with E-state index in [0.717, 1.165) is 49.6 Å². The van der Waals surface area contributed by atoms with Crippen LogP contribution in [0.1, 0.15) is 23.2 Å². The molecule has 0 spiro atoms. The van der Waals surface area contributed by atoms with Crippen molar-refractivity contribution in [3.05, 3.63) is 52.8 Å². The summed E-state index contributed by atoms with van der Waals surface area (Å²) in [5.41, 5.74) is 0.614. The molecule has 9 heteroatoms. The summed E-state index contributed by atoms with van der Waals surface area (Å²) in [6.07, 6.45) is 5.09. The number of carbonyl (C=O) groups excluding carboxylic acids is 2. The van der Waals surface area contributed by atoms with Crippen LogP contribution in [0.3, 0.4) is 0 Å². The fraction of sp³-hybridized carbons (Fsp3) is 0.455. The zero-order chi connectivity index (χ0) is 21.6. The molecule has 1 unspecified atom stereocenters. The topological polar surface area (TPSA) is 81.7 Å². The number of aromatic nitrogens is 2. The highest BCUT2D eigenvalue weighted by Crippen LogP contribution is 2.21. The van der Waals surface area contributed by atoms with E-state index >= 15 is 0 Å². The minimum Gasteiger partial charge on any atom is -0.353 e. The van der Waals surface area contributed by atoms with E-state index < -0.39 is 0 Å². The standard InChI is InChI=1S/C22H27BrN6O2/c23-18-6-4-17(5-7-18)21(31)29-11-1-3-19(29)20(30)24-10-12-27-13-15-28(16-14-27)22-25-8-2-9-26-22/h2,4-9,19H,1,3,10-16H2,(H,24,30). The van der Waals surface area contributed by atoms with Crippen molar-refractivity contribution in [2.45, 2.75) is 18.9 Å². The molecule has 0 saturated carbocycles. The minimum absolute atomic E-state index is 0.0562. The van der Waals surface area contributed by atoms with Crippen molar-refractivity contribution in [1.29, 1.82) is 0 Å². The highest BCUT2D eigenvalue weighted by molar-refractivity contribution is 9.10. The smallest absolute Gasteiger partial charge is 0.254 e. The number of halogens is 1. The van der Waals surface area contributed by atoms with Gasteiger partial charge in [0.25, 0.3) is 5.91 Å². The lowest BCUT2D eigenvalue weighted by Crippen LogP contribution is -2.50. The van der Waals surface area contributed by atoms with Crippen LogP contribution >= 0.6 is 15.9 Å². The van der Waals surface area contributed by atoms with E-state index in [4.69, 9.17) is 0 Å². The molecule has 3 heterocycles. The number of likely N-dealkylation sites (tertiary alicyclic amines) is 1. The molecule has 0 radical (unpaired) electrons. The number of carbonyl (C=O) groups is 2.